The number of benzene rings is 1. The zero-order valence-electron chi connectivity index (χ0n) is 13.4. The first kappa shape index (κ1) is 16.3. The average Bonchev–Trinajstić information content (AvgIpc) is 2.35. The quantitative estimate of drug-likeness (QED) is 0.821. The van der Waals surface area contributed by atoms with Crippen molar-refractivity contribution in [1.29, 1.82) is 0 Å². The Labute approximate surface area is 128 Å². The fourth-order valence-electron chi connectivity index (χ4n) is 3.10. The molecule has 0 spiro atoms. The Bertz CT molecular complexity index is 615. The summed E-state index contributed by atoms with van der Waals surface area (Å²) < 4.78 is 28.3. The van der Waals surface area contributed by atoms with Gasteiger partial charge in [-0.3, -0.25) is 0 Å². The number of nitrogens with two attached hydrogens (primary N) is 1. The summed E-state index contributed by atoms with van der Waals surface area (Å²) in [6.45, 7) is 8.17. The maximum Gasteiger partial charge on any atom is 0.241 e. The lowest BCUT2D eigenvalue weighted by atomic mass is 9.67. The van der Waals surface area contributed by atoms with Gasteiger partial charge in [0.25, 0.3) is 0 Å². The van der Waals surface area contributed by atoms with Gasteiger partial charge in [0.05, 0.1) is 4.90 Å². The number of nitrogens with one attached hydrogen (secondary N) is 1. The largest absolute Gasteiger partial charge is 0.398 e. The molecule has 0 aliphatic heterocycles. The molecule has 0 saturated heterocycles. The van der Waals surface area contributed by atoms with E-state index in [1.807, 2.05) is 19.9 Å². The topological polar surface area (TPSA) is 72.2 Å². The van der Waals surface area contributed by atoms with Crippen molar-refractivity contribution in [1.82, 2.24) is 4.72 Å². The Morgan fingerprint density at radius 1 is 1.24 bits per heavy atom. The van der Waals surface area contributed by atoms with Crippen LogP contribution in [0.1, 0.15) is 49.3 Å². The summed E-state index contributed by atoms with van der Waals surface area (Å²) in [6, 6.07) is 1.84. The van der Waals surface area contributed by atoms with E-state index in [0.717, 1.165) is 30.4 Å². The molecule has 118 valence electrons. The molecule has 0 bridgehead atoms. The molecule has 1 aliphatic carbocycles. The lowest BCUT2D eigenvalue weighted by Gasteiger charge is -2.41. The summed E-state index contributed by atoms with van der Waals surface area (Å²) >= 11 is 0. The second-order valence-electron chi connectivity index (χ2n) is 6.39. The highest BCUT2D eigenvalue weighted by Crippen LogP contribution is 2.43. The molecule has 3 N–H and O–H groups in total. The van der Waals surface area contributed by atoms with Gasteiger partial charge in [-0.2, -0.15) is 0 Å². The SMILES string of the molecule is CCC1(CNS(=O)(=O)c2c(C)c(C)cc(N)c2C)CCC1. The summed E-state index contributed by atoms with van der Waals surface area (Å²) in [5.41, 5.74) is 8.97. The van der Waals surface area contributed by atoms with Crippen molar-refractivity contribution in [2.24, 2.45) is 5.41 Å². The zero-order valence-corrected chi connectivity index (χ0v) is 14.2. The first-order chi connectivity index (χ1) is 9.72. The lowest BCUT2D eigenvalue weighted by molar-refractivity contribution is 0.133. The molecule has 0 unspecified atom stereocenters. The Morgan fingerprint density at radius 2 is 1.86 bits per heavy atom. The summed E-state index contributed by atoms with van der Waals surface area (Å²) in [7, 11) is -3.52. The van der Waals surface area contributed by atoms with Crippen molar-refractivity contribution in [3.8, 4) is 0 Å². The molecular weight excluding hydrogens is 284 g/mol. The van der Waals surface area contributed by atoms with E-state index in [0.29, 0.717) is 22.7 Å². The van der Waals surface area contributed by atoms with Gasteiger partial charge in [0.2, 0.25) is 10.0 Å². The van der Waals surface area contributed by atoms with E-state index in [1.165, 1.54) is 6.42 Å². The van der Waals surface area contributed by atoms with Gasteiger partial charge in [-0.1, -0.05) is 13.3 Å². The Hall–Kier alpha value is -1.07. The number of sulfonamides is 1. The van der Waals surface area contributed by atoms with Gasteiger partial charge in [-0.15, -0.1) is 0 Å². The third kappa shape index (κ3) is 2.94. The van der Waals surface area contributed by atoms with Crippen LogP contribution in [0.2, 0.25) is 0 Å². The average molecular weight is 310 g/mol. The van der Waals surface area contributed by atoms with Gasteiger partial charge in [0.1, 0.15) is 0 Å². The molecular formula is C16H26N2O2S. The van der Waals surface area contributed by atoms with Crippen LogP contribution in [0, 0.1) is 26.2 Å². The Kier molecular flexibility index (Phi) is 4.36. The van der Waals surface area contributed by atoms with Crippen molar-refractivity contribution >= 4 is 15.7 Å². The molecule has 0 radical (unpaired) electrons. The predicted molar refractivity (Wildman–Crippen MR) is 86.8 cm³/mol. The molecule has 4 nitrogen and oxygen atoms in total. The van der Waals surface area contributed by atoms with Crippen molar-refractivity contribution < 1.29 is 8.42 Å². The van der Waals surface area contributed by atoms with Crippen LogP contribution >= 0.6 is 0 Å². The highest BCUT2D eigenvalue weighted by Gasteiger charge is 2.36. The minimum atomic E-state index is -3.52. The van der Waals surface area contributed by atoms with Gasteiger partial charge >= 0.3 is 0 Å². The van der Waals surface area contributed by atoms with E-state index in [-0.39, 0.29) is 5.41 Å². The summed E-state index contributed by atoms with van der Waals surface area (Å²) in [4.78, 5) is 0.352. The van der Waals surface area contributed by atoms with Gasteiger partial charge in [-0.25, -0.2) is 13.1 Å². The molecule has 1 saturated carbocycles. The third-order valence-corrected chi connectivity index (χ3v) is 6.82. The Morgan fingerprint density at radius 3 is 2.33 bits per heavy atom. The standard InChI is InChI=1S/C16H26N2O2S/c1-5-16(7-6-8-16)10-18-21(19,20)15-12(3)11(2)9-14(17)13(15)4/h9,18H,5-8,10,17H2,1-4H3. The molecule has 0 aromatic heterocycles. The normalized spacial score (nSPS) is 17.5. The summed E-state index contributed by atoms with van der Waals surface area (Å²) in [5, 5.41) is 0. The summed E-state index contributed by atoms with van der Waals surface area (Å²) in [5.74, 6) is 0. The zero-order chi connectivity index (χ0) is 15.8. The van der Waals surface area contributed by atoms with Crippen LogP contribution in [0.25, 0.3) is 0 Å². The van der Waals surface area contributed by atoms with E-state index in [2.05, 4.69) is 11.6 Å². The molecule has 21 heavy (non-hydrogen) atoms. The van der Waals surface area contributed by atoms with Crippen LogP contribution in [0.3, 0.4) is 0 Å². The number of rotatable bonds is 5. The molecule has 1 fully saturated rings. The lowest BCUT2D eigenvalue weighted by Crippen LogP contribution is -2.42. The van der Waals surface area contributed by atoms with Crippen molar-refractivity contribution in [2.75, 3.05) is 12.3 Å². The van der Waals surface area contributed by atoms with E-state index >= 15 is 0 Å². The molecule has 1 aromatic carbocycles. The number of anilines is 1. The van der Waals surface area contributed by atoms with Gasteiger partial charge in [0, 0.05) is 12.2 Å². The van der Waals surface area contributed by atoms with E-state index in [1.54, 1.807) is 6.92 Å². The van der Waals surface area contributed by atoms with Crippen LogP contribution in [0.4, 0.5) is 5.69 Å². The summed E-state index contributed by atoms with van der Waals surface area (Å²) in [6.07, 6.45) is 4.44. The van der Waals surface area contributed by atoms with Crippen LogP contribution < -0.4 is 10.5 Å². The molecule has 1 aromatic rings. The van der Waals surface area contributed by atoms with E-state index in [9.17, 15) is 8.42 Å². The van der Waals surface area contributed by atoms with Gasteiger partial charge in [-0.05, 0) is 68.2 Å². The first-order valence-electron chi connectivity index (χ1n) is 7.58. The predicted octanol–water partition coefficient (Wildman–Crippen LogP) is 3.05. The number of aryl methyl sites for hydroxylation is 1. The molecule has 0 atom stereocenters. The van der Waals surface area contributed by atoms with Crippen LogP contribution in [0.15, 0.2) is 11.0 Å². The highest BCUT2D eigenvalue weighted by atomic mass is 32.2. The van der Waals surface area contributed by atoms with Crippen molar-refractivity contribution in [2.45, 2.75) is 58.3 Å². The highest BCUT2D eigenvalue weighted by molar-refractivity contribution is 7.89. The fourth-order valence-corrected chi connectivity index (χ4v) is 4.82. The second kappa shape index (κ2) is 5.61. The minimum Gasteiger partial charge on any atom is -0.398 e. The molecule has 1 aliphatic rings. The Balaban J connectivity index is 2.32. The van der Waals surface area contributed by atoms with Gasteiger partial charge < -0.3 is 5.73 Å². The van der Waals surface area contributed by atoms with Crippen LogP contribution in [-0.2, 0) is 10.0 Å². The minimum absolute atomic E-state index is 0.157. The number of hydrogen-bond donors (Lipinski definition) is 2. The smallest absolute Gasteiger partial charge is 0.241 e. The van der Waals surface area contributed by atoms with Crippen molar-refractivity contribution in [3.05, 3.63) is 22.8 Å². The number of nitrogen functional groups attached to an aromatic ring is 1. The van der Waals surface area contributed by atoms with Gasteiger partial charge in [0.15, 0.2) is 0 Å². The monoisotopic (exact) mass is 310 g/mol. The third-order valence-electron chi connectivity index (χ3n) is 5.15. The van der Waals surface area contributed by atoms with E-state index < -0.39 is 10.0 Å². The number of hydrogen-bond acceptors (Lipinski definition) is 3. The fraction of sp³-hybridized carbons (Fsp3) is 0.625. The molecule has 0 heterocycles. The maximum atomic E-state index is 12.7. The maximum absolute atomic E-state index is 12.7. The molecule has 0 amide bonds. The van der Waals surface area contributed by atoms with Crippen LogP contribution in [-0.4, -0.2) is 15.0 Å². The first-order valence-corrected chi connectivity index (χ1v) is 9.07. The molecule has 5 heteroatoms. The van der Waals surface area contributed by atoms with Crippen LogP contribution in [0.5, 0.6) is 0 Å². The van der Waals surface area contributed by atoms with Crippen molar-refractivity contribution in [3.63, 3.8) is 0 Å². The molecule has 2 rings (SSSR count). The second-order valence-corrected chi connectivity index (χ2v) is 8.10. The van der Waals surface area contributed by atoms with E-state index in [4.69, 9.17) is 5.73 Å².